The van der Waals surface area contributed by atoms with Crippen LogP contribution in [0.15, 0.2) is 59.7 Å². The van der Waals surface area contributed by atoms with Gasteiger partial charge in [0.15, 0.2) is 11.6 Å². The summed E-state index contributed by atoms with van der Waals surface area (Å²) < 4.78 is 20.3. The lowest BCUT2D eigenvalue weighted by Crippen LogP contribution is -2.34. The quantitative estimate of drug-likeness (QED) is 0.333. The molecule has 2 saturated heterocycles. The van der Waals surface area contributed by atoms with Crippen LogP contribution < -0.4 is 0 Å². The van der Waals surface area contributed by atoms with Crippen LogP contribution >= 0.6 is 0 Å². The molecule has 2 heterocycles. The molecule has 1 N–H and O–H groups in total. The van der Waals surface area contributed by atoms with Gasteiger partial charge in [0.2, 0.25) is 11.8 Å². The first-order valence-corrected chi connectivity index (χ1v) is 12.7. The highest BCUT2D eigenvalue weighted by Crippen LogP contribution is 2.51. The Morgan fingerprint density at radius 2 is 1.89 bits per heavy atom. The van der Waals surface area contributed by atoms with E-state index in [4.69, 9.17) is 4.74 Å². The molecule has 0 aromatic heterocycles. The first-order chi connectivity index (χ1) is 17.3. The van der Waals surface area contributed by atoms with Crippen molar-refractivity contribution in [3.63, 3.8) is 0 Å². The van der Waals surface area contributed by atoms with Gasteiger partial charge in [0.25, 0.3) is 0 Å². The van der Waals surface area contributed by atoms with Crippen molar-refractivity contribution >= 4 is 23.5 Å². The van der Waals surface area contributed by atoms with Crippen molar-refractivity contribution in [2.24, 2.45) is 23.7 Å². The Morgan fingerprint density at radius 1 is 1.14 bits per heavy atom. The Bertz CT molecular complexity index is 1250. The summed E-state index contributed by atoms with van der Waals surface area (Å²) in [6.07, 6.45) is 3.87. The predicted octanol–water partition coefficient (Wildman–Crippen LogP) is 5.45. The fraction of sp³-hybridized carbons (Fsp3) is 0.400. The van der Waals surface area contributed by atoms with Crippen LogP contribution in [0.1, 0.15) is 44.2 Å². The average Bonchev–Trinajstić information content (AvgIpc) is 3.38. The first kappa shape index (κ1) is 24.4. The Morgan fingerprint density at radius 3 is 2.58 bits per heavy atom. The summed E-state index contributed by atoms with van der Waals surface area (Å²) in [6, 6.07) is 14.4. The number of allylic oxidation sites excluding steroid dienone is 2. The van der Waals surface area contributed by atoms with Crippen molar-refractivity contribution in [1.29, 1.82) is 0 Å². The number of benzene rings is 2. The van der Waals surface area contributed by atoms with E-state index in [9.17, 15) is 19.1 Å². The molecule has 0 spiro atoms. The van der Waals surface area contributed by atoms with Gasteiger partial charge in [-0.25, -0.2) is 4.39 Å². The highest BCUT2D eigenvalue weighted by molar-refractivity contribution is 6.05. The van der Waals surface area contributed by atoms with Gasteiger partial charge >= 0.3 is 0 Å². The maximum Gasteiger partial charge on any atom is 0.233 e. The number of hydrogen-bond donors (Lipinski definition) is 1. The molecule has 2 aliphatic heterocycles. The van der Waals surface area contributed by atoms with Gasteiger partial charge < -0.3 is 9.84 Å². The molecule has 0 unspecified atom stereocenters. The molecule has 2 aromatic carbocycles. The van der Waals surface area contributed by atoms with Crippen molar-refractivity contribution in [1.82, 2.24) is 4.90 Å². The molecule has 0 radical (unpaired) electrons. The smallest absolute Gasteiger partial charge is 0.233 e. The molecular weight excluding hydrogens is 457 g/mol. The zero-order valence-corrected chi connectivity index (χ0v) is 20.9. The highest BCUT2D eigenvalue weighted by Gasteiger charge is 2.56. The molecule has 36 heavy (non-hydrogen) atoms. The number of aromatic hydroxyl groups is 1. The number of carbonyl (C=O) groups excluding carboxylic acids is 2. The second kappa shape index (κ2) is 9.66. The van der Waals surface area contributed by atoms with Gasteiger partial charge in [-0.3, -0.25) is 14.5 Å². The third kappa shape index (κ3) is 4.28. The van der Waals surface area contributed by atoms with Crippen molar-refractivity contribution < 1.29 is 23.8 Å². The lowest BCUT2D eigenvalue weighted by Gasteiger charge is -2.33. The lowest BCUT2D eigenvalue weighted by atomic mass is 9.67. The SMILES string of the molecule is CC(C)C1=C2[C@@H](CC/C(=C/c3ccc(O)c(F)c3)c3ccccc3)OC[C@@H]2[C@@H]2C(=O)N(C)C(=O)[C@@H]2C1. The summed E-state index contributed by atoms with van der Waals surface area (Å²) in [5.41, 5.74) is 5.23. The minimum atomic E-state index is -0.651. The molecule has 0 bridgehead atoms. The summed E-state index contributed by atoms with van der Waals surface area (Å²) in [5.74, 6) is -1.56. The van der Waals surface area contributed by atoms with Crippen molar-refractivity contribution in [3.05, 3.63) is 76.6 Å². The van der Waals surface area contributed by atoms with Crippen LogP contribution in [0.3, 0.4) is 0 Å². The van der Waals surface area contributed by atoms with Gasteiger partial charge in [0, 0.05) is 13.0 Å². The van der Waals surface area contributed by atoms with Crippen LogP contribution in [0.2, 0.25) is 0 Å². The Kier molecular flexibility index (Phi) is 6.56. The van der Waals surface area contributed by atoms with E-state index in [-0.39, 0.29) is 47.3 Å². The number of rotatable bonds is 6. The minimum absolute atomic E-state index is 0.0529. The van der Waals surface area contributed by atoms with Gasteiger partial charge in [-0.2, -0.15) is 0 Å². The topological polar surface area (TPSA) is 66.8 Å². The van der Waals surface area contributed by atoms with Gasteiger partial charge in [-0.1, -0.05) is 61.9 Å². The molecule has 0 saturated carbocycles. The number of ether oxygens (including phenoxy) is 1. The fourth-order valence-electron chi connectivity index (χ4n) is 6.17. The third-order valence-electron chi connectivity index (χ3n) is 7.99. The predicted molar refractivity (Wildman–Crippen MR) is 136 cm³/mol. The van der Waals surface area contributed by atoms with Gasteiger partial charge in [-0.05, 0) is 59.6 Å². The van der Waals surface area contributed by atoms with E-state index in [0.29, 0.717) is 25.0 Å². The van der Waals surface area contributed by atoms with E-state index in [1.54, 1.807) is 13.1 Å². The van der Waals surface area contributed by atoms with Crippen molar-refractivity contribution in [2.75, 3.05) is 13.7 Å². The van der Waals surface area contributed by atoms with Crippen LogP contribution in [-0.4, -0.2) is 41.6 Å². The zero-order valence-electron chi connectivity index (χ0n) is 20.9. The molecule has 2 amide bonds. The standard InChI is InChI=1S/C30H32FNO4/c1-17(2)21-15-22-28(30(35)32(3)29(22)34)23-16-36-26(27(21)23)12-10-20(19-7-5-4-6-8-19)13-18-9-11-25(33)24(31)14-18/h4-9,11,13-14,17,22-23,26,28,33H,10,12,15-16H2,1-3H3/b20-13-/t22-,23+,26-,28-/m1/s1. The fourth-order valence-corrected chi connectivity index (χ4v) is 6.17. The molecule has 2 fully saturated rings. The highest BCUT2D eigenvalue weighted by atomic mass is 19.1. The summed E-state index contributed by atoms with van der Waals surface area (Å²) in [5, 5.41) is 9.57. The summed E-state index contributed by atoms with van der Waals surface area (Å²) >= 11 is 0. The number of phenols is 1. The second-order valence-electron chi connectivity index (χ2n) is 10.4. The van der Waals surface area contributed by atoms with E-state index in [1.165, 1.54) is 28.2 Å². The van der Waals surface area contributed by atoms with Crippen LogP contribution in [0, 0.1) is 29.5 Å². The van der Waals surface area contributed by atoms with Crippen LogP contribution in [0.25, 0.3) is 11.6 Å². The molecule has 5 nitrogen and oxygen atoms in total. The number of hydrogen-bond acceptors (Lipinski definition) is 4. The number of fused-ring (bicyclic) bond motifs is 3. The number of nitrogens with zero attached hydrogens (tertiary/aromatic N) is 1. The Balaban J connectivity index is 1.44. The summed E-state index contributed by atoms with van der Waals surface area (Å²) in [7, 11) is 1.59. The van der Waals surface area contributed by atoms with E-state index >= 15 is 0 Å². The Labute approximate surface area is 211 Å². The number of carbonyl (C=O) groups is 2. The molecule has 2 aromatic rings. The van der Waals surface area contributed by atoms with Gasteiger partial charge in [-0.15, -0.1) is 0 Å². The maximum absolute atomic E-state index is 14.0. The summed E-state index contributed by atoms with van der Waals surface area (Å²) in [4.78, 5) is 27.0. The van der Waals surface area contributed by atoms with E-state index in [0.717, 1.165) is 17.6 Å². The largest absolute Gasteiger partial charge is 0.505 e. The van der Waals surface area contributed by atoms with Crippen molar-refractivity contribution in [2.45, 2.75) is 39.2 Å². The zero-order chi connectivity index (χ0) is 25.6. The molecule has 4 atom stereocenters. The lowest BCUT2D eigenvalue weighted by molar-refractivity contribution is -0.138. The van der Waals surface area contributed by atoms with Crippen molar-refractivity contribution in [3.8, 4) is 5.75 Å². The maximum atomic E-state index is 14.0. The third-order valence-corrected chi connectivity index (χ3v) is 7.99. The molecule has 188 valence electrons. The average molecular weight is 490 g/mol. The molecule has 3 aliphatic rings. The monoisotopic (exact) mass is 489 g/mol. The van der Waals surface area contributed by atoms with Crippen LogP contribution in [0.5, 0.6) is 5.75 Å². The molecule has 5 rings (SSSR count). The van der Waals surface area contributed by atoms with Crippen LogP contribution in [0.4, 0.5) is 4.39 Å². The second-order valence-corrected chi connectivity index (χ2v) is 10.4. The van der Waals surface area contributed by atoms with Crippen LogP contribution in [-0.2, 0) is 14.3 Å². The molecular formula is C30H32FNO4. The molecule has 1 aliphatic carbocycles. The number of halogens is 1. The molecule has 6 heteroatoms. The number of phenolic OH excluding ortho intramolecular Hbond substituents is 1. The van der Waals surface area contributed by atoms with Gasteiger partial charge in [0.1, 0.15) is 0 Å². The number of likely N-dealkylation sites (tertiary alicyclic amines) is 1. The number of amides is 2. The van der Waals surface area contributed by atoms with E-state index in [1.807, 2.05) is 36.4 Å². The normalized spacial score (nSPS) is 26.1. The Hall–Kier alpha value is -3.25. The summed E-state index contributed by atoms with van der Waals surface area (Å²) in [6.45, 7) is 4.75. The first-order valence-electron chi connectivity index (χ1n) is 12.7. The van der Waals surface area contributed by atoms with E-state index < -0.39 is 5.82 Å². The number of imide groups is 1. The van der Waals surface area contributed by atoms with Gasteiger partial charge in [0.05, 0.1) is 24.5 Å². The van der Waals surface area contributed by atoms with E-state index in [2.05, 4.69) is 13.8 Å². The minimum Gasteiger partial charge on any atom is -0.505 e.